The molecule has 4 nitrogen and oxygen atoms in total. The first-order valence-electron chi connectivity index (χ1n) is 9.51. The van der Waals surface area contributed by atoms with Gasteiger partial charge in [0.1, 0.15) is 11.9 Å². The smallest absolute Gasteiger partial charge is 0.242 e. The summed E-state index contributed by atoms with van der Waals surface area (Å²) in [4.78, 5) is 27.3. The minimum atomic E-state index is -0.605. The number of amides is 2. The molecule has 2 amide bonds. The molecule has 2 rings (SSSR count). The first-order valence-corrected chi connectivity index (χ1v) is 9.89. The van der Waals surface area contributed by atoms with Crippen LogP contribution in [0.15, 0.2) is 48.5 Å². The van der Waals surface area contributed by atoms with Gasteiger partial charge >= 0.3 is 0 Å². The van der Waals surface area contributed by atoms with Gasteiger partial charge in [-0.3, -0.25) is 9.59 Å². The van der Waals surface area contributed by atoms with Gasteiger partial charge < -0.3 is 10.2 Å². The van der Waals surface area contributed by atoms with Crippen molar-refractivity contribution in [3.8, 4) is 0 Å². The number of benzene rings is 2. The zero-order chi connectivity index (χ0) is 20.5. The van der Waals surface area contributed by atoms with Crippen molar-refractivity contribution in [2.24, 2.45) is 0 Å². The second-order valence-electron chi connectivity index (χ2n) is 6.63. The lowest BCUT2D eigenvalue weighted by atomic mass is 10.1. The molecule has 2 aromatic rings. The highest BCUT2D eigenvalue weighted by atomic mass is 35.5. The number of halogens is 2. The molecule has 0 radical (unpaired) electrons. The molecular weight excluding hydrogens is 379 g/mol. The Bertz CT molecular complexity index is 795. The van der Waals surface area contributed by atoms with Gasteiger partial charge in [0, 0.05) is 18.1 Å². The molecule has 0 heterocycles. The zero-order valence-electron chi connectivity index (χ0n) is 16.3. The average Bonchev–Trinajstić information content (AvgIpc) is 2.69. The van der Waals surface area contributed by atoms with Gasteiger partial charge in [-0.05, 0) is 42.2 Å². The minimum absolute atomic E-state index is 0.0957. The van der Waals surface area contributed by atoms with Gasteiger partial charge in [-0.1, -0.05) is 55.8 Å². The summed E-state index contributed by atoms with van der Waals surface area (Å²) in [5.74, 6) is -0.722. The number of hydrogen-bond acceptors (Lipinski definition) is 2. The van der Waals surface area contributed by atoms with Crippen LogP contribution in [0.5, 0.6) is 0 Å². The monoisotopic (exact) mass is 404 g/mol. The van der Waals surface area contributed by atoms with Gasteiger partial charge in [-0.15, -0.1) is 0 Å². The molecule has 0 saturated heterocycles. The van der Waals surface area contributed by atoms with E-state index in [0.717, 1.165) is 12.0 Å². The number of nitrogens with zero attached hydrogens (tertiary/aromatic N) is 1. The quantitative estimate of drug-likeness (QED) is 0.675. The van der Waals surface area contributed by atoms with Crippen LogP contribution in [0.2, 0.25) is 5.02 Å². The number of carbonyl (C=O) groups excluding carboxylic acids is 2. The topological polar surface area (TPSA) is 49.4 Å². The fraction of sp³-hybridized carbons (Fsp3) is 0.364. The van der Waals surface area contributed by atoms with Crippen molar-refractivity contribution in [3.05, 3.63) is 70.5 Å². The molecule has 6 heteroatoms. The number of hydrogen-bond donors (Lipinski definition) is 1. The fourth-order valence-electron chi connectivity index (χ4n) is 2.98. The fourth-order valence-corrected chi connectivity index (χ4v) is 3.18. The Hall–Kier alpha value is -2.40. The largest absolute Gasteiger partial charge is 0.354 e. The van der Waals surface area contributed by atoms with Crippen LogP contribution in [0, 0.1) is 5.82 Å². The lowest BCUT2D eigenvalue weighted by Crippen LogP contribution is -2.49. The van der Waals surface area contributed by atoms with Gasteiger partial charge in [-0.2, -0.15) is 0 Å². The van der Waals surface area contributed by atoms with Gasteiger partial charge in [-0.25, -0.2) is 4.39 Å². The predicted octanol–water partition coefficient (Wildman–Crippen LogP) is 4.36. The molecular formula is C22H26ClFN2O2. The number of nitrogens with one attached hydrogen (secondary N) is 1. The third kappa shape index (κ3) is 6.06. The van der Waals surface area contributed by atoms with E-state index < -0.39 is 6.04 Å². The van der Waals surface area contributed by atoms with Crippen LogP contribution in [0.4, 0.5) is 4.39 Å². The maximum atomic E-state index is 13.2. The van der Waals surface area contributed by atoms with Gasteiger partial charge in [0.05, 0.1) is 6.42 Å². The summed E-state index contributed by atoms with van der Waals surface area (Å²) >= 11 is 6.20. The summed E-state index contributed by atoms with van der Waals surface area (Å²) in [5.41, 5.74) is 1.47. The minimum Gasteiger partial charge on any atom is -0.354 e. The standard InChI is InChI=1S/C22H26ClFN2O2/c1-3-13-25-22(28)20(4-2)26(15-16-9-11-18(24)12-10-16)21(27)14-17-7-5-6-8-19(17)23/h5-12,20H,3-4,13-15H2,1-2H3,(H,25,28). The van der Waals surface area contributed by atoms with Crippen molar-refractivity contribution < 1.29 is 14.0 Å². The van der Waals surface area contributed by atoms with Gasteiger partial charge in [0.2, 0.25) is 11.8 Å². The Kier molecular flexibility index (Phi) is 8.45. The van der Waals surface area contributed by atoms with E-state index in [1.807, 2.05) is 19.9 Å². The number of rotatable bonds is 9. The molecule has 0 spiro atoms. The maximum absolute atomic E-state index is 13.2. The van der Waals surface area contributed by atoms with Crippen molar-refractivity contribution >= 4 is 23.4 Å². The van der Waals surface area contributed by atoms with Crippen LogP contribution in [-0.2, 0) is 22.6 Å². The molecule has 0 aliphatic heterocycles. The Morgan fingerprint density at radius 3 is 2.39 bits per heavy atom. The second kappa shape index (κ2) is 10.8. The highest BCUT2D eigenvalue weighted by molar-refractivity contribution is 6.31. The van der Waals surface area contributed by atoms with E-state index in [9.17, 15) is 14.0 Å². The van der Waals surface area contributed by atoms with Crippen LogP contribution in [0.3, 0.4) is 0 Å². The summed E-state index contributed by atoms with van der Waals surface area (Å²) in [6, 6.07) is 12.5. The Morgan fingerprint density at radius 2 is 1.79 bits per heavy atom. The van der Waals surface area contributed by atoms with Crippen molar-refractivity contribution in [2.45, 2.75) is 45.7 Å². The van der Waals surface area contributed by atoms with E-state index in [0.29, 0.717) is 23.6 Å². The lowest BCUT2D eigenvalue weighted by molar-refractivity contribution is -0.140. The third-order valence-corrected chi connectivity index (χ3v) is 4.87. The zero-order valence-corrected chi connectivity index (χ0v) is 17.0. The third-order valence-electron chi connectivity index (χ3n) is 4.50. The van der Waals surface area contributed by atoms with Crippen LogP contribution in [0.1, 0.15) is 37.8 Å². The molecule has 0 bridgehead atoms. The van der Waals surface area contributed by atoms with Crippen molar-refractivity contribution in [2.75, 3.05) is 6.54 Å². The molecule has 2 aromatic carbocycles. The SMILES string of the molecule is CCCNC(=O)C(CC)N(Cc1ccc(F)cc1)C(=O)Cc1ccccc1Cl. The lowest BCUT2D eigenvalue weighted by Gasteiger charge is -2.31. The van der Waals surface area contributed by atoms with E-state index in [4.69, 9.17) is 11.6 Å². The Balaban J connectivity index is 2.27. The molecule has 0 fully saturated rings. The van der Waals surface area contributed by atoms with E-state index in [1.165, 1.54) is 12.1 Å². The Labute approximate surface area is 170 Å². The molecule has 0 saturated carbocycles. The summed E-state index contributed by atoms with van der Waals surface area (Å²) < 4.78 is 13.2. The first-order chi connectivity index (χ1) is 13.5. The molecule has 1 N–H and O–H groups in total. The van der Waals surface area contributed by atoms with Crippen LogP contribution in [-0.4, -0.2) is 29.3 Å². The van der Waals surface area contributed by atoms with Crippen LogP contribution in [0.25, 0.3) is 0 Å². The molecule has 1 atom stereocenters. The van der Waals surface area contributed by atoms with E-state index in [1.54, 1.807) is 35.2 Å². The summed E-state index contributed by atoms with van der Waals surface area (Å²) in [7, 11) is 0. The molecule has 28 heavy (non-hydrogen) atoms. The highest BCUT2D eigenvalue weighted by Gasteiger charge is 2.28. The maximum Gasteiger partial charge on any atom is 0.242 e. The first kappa shape index (κ1) is 21.9. The van der Waals surface area contributed by atoms with E-state index >= 15 is 0 Å². The summed E-state index contributed by atoms with van der Waals surface area (Å²) in [6.07, 6.45) is 1.39. The van der Waals surface area contributed by atoms with Crippen molar-refractivity contribution in [3.63, 3.8) is 0 Å². The normalized spacial score (nSPS) is 11.7. The molecule has 0 aliphatic carbocycles. The van der Waals surface area contributed by atoms with Crippen molar-refractivity contribution in [1.82, 2.24) is 10.2 Å². The molecule has 1 unspecified atom stereocenters. The van der Waals surface area contributed by atoms with Gasteiger partial charge in [0.15, 0.2) is 0 Å². The molecule has 0 aliphatic rings. The van der Waals surface area contributed by atoms with Gasteiger partial charge in [0.25, 0.3) is 0 Å². The summed E-state index contributed by atoms with van der Waals surface area (Å²) in [6.45, 7) is 4.62. The molecule has 0 aromatic heterocycles. The number of carbonyl (C=O) groups is 2. The predicted molar refractivity (Wildman–Crippen MR) is 109 cm³/mol. The highest BCUT2D eigenvalue weighted by Crippen LogP contribution is 2.19. The average molecular weight is 405 g/mol. The second-order valence-corrected chi connectivity index (χ2v) is 7.04. The Morgan fingerprint density at radius 1 is 1.11 bits per heavy atom. The van der Waals surface area contributed by atoms with E-state index in [-0.39, 0.29) is 30.6 Å². The van der Waals surface area contributed by atoms with Crippen LogP contribution < -0.4 is 5.32 Å². The summed E-state index contributed by atoms with van der Waals surface area (Å²) in [5, 5.41) is 3.38. The van der Waals surface area contributed by atoms with Crippen LogP contribution >= 0.6 is 11.6 Å². The van der Waals surface area contributed by atoms with E-state index in [2.05, 4.69) is 5.32 Å². The molecule has 150 valence electrons. The van der Waals surface area contributed by atoms with Crippen molar-refractivity contribution in [1.29, 1.82) is 0 Å².